The molecule has 0 bridgehead atoms. The van der Waals surface area contributed by atoms with Crippen LogP contribution < -0.4 is 5.32 Å². The predicted molar refractivity (Wildman–Crippen MR) is 124 cm³/mol. The van der Waals surface area contributed by atoms with Gasteiger partial charge >= 0.3 is 0 Å². The predicted octanol–water partition coefficient (Wildman–Crippen LogP) is 1.86. The highest BCUT2D eigenvalue weighted by atomic mass is 16.4. The summed E-state index contributed by atoms with van der Waals surface area (Å²) in [4.78, 5) is 5.06. The fourth-order valence-corrected chi connectivity index (χ4v) is 4.39. The Morgan fingerprint density at radius 1 is 1.00 bits per heavy atom. The average Bonchev–Trinajstić information content (AvgIpc) is 3.32. The zero-order valence-electron chi connectivity index (χ0n) is 18.1. The molecule has 0 unspecified atom stereocenters. The number of benzene rings is 2. The third-order valence-corrected chi connectivity index (χ3v) is 6.08. The van der Waals surface area contributed by atoms with E-state index in [-0.39, 0.29) is 13.2 Å². The van der Waals surface area contributed by atoms with Crippen molar-refractivity contribution in [2.24, 2.45) is 0 Å². The van der Waals surface area contributed by atoms with E-state index < -0.39 is 24.4 Å². The van der Waals surface area contributed by atoms with Gasteiger partial charge in [-0.25, -0.2) is 0 Å². The average molecular weight is 438 g/mol. The third kappa shape index (κ3) is 5.03. The first kappa shape index (κ1) is 22.5. The van der Waals surface area contributed by atoms with Gasteiger partial charge in [-0.15, -0.1) is 0 Å². The molecule has 7 heteroatoms. The Labute approximate surface area is 188 Å². The van der Waals surface area contributed by atoms with Crippen LogP contribution in [0.4, 0.5) is 5.69 Å². The molecule has 3 aromatic rings. The number of hydrogen-bond donors (Lipinski definition) is 6. The summed E-state index contributed by atoms with van der Waals surface area (Å²) in [5.74, 6) is 0. The van der Waals surface area contributed by atoms with Crippen LogP contribution in [-0.2, 0) is 13.1 Å². The second-order valence-electron chi connectivity index (χ2n) is 8.57. The number of aryl methyl sites for hydroxylation is 1. The van der Waals surface area contributed by atoms with Crippen LogP contribution in [0.1, 0.15) is 16.7 Å². The van der Waals surface area contributed by atoms with E-state index in [4.69, 9.17) is 0 Å². The molecule has 2 aromatic carbocycles. The Morgan fingerprint density at radius 2 is 1.81 bits per heavy atom. The maximum atomic E-state index is 10.2. The lowest BCUT2D eigenvalue weighted by atomic mass is 9.93. The van der Waals surface area contributed by atoms with Gasteiger partial charge in [0.2, 0.25) is 0 Å². The fourth-order valence-electron chi connectivity index (χ4n) is 4.39. The number of piperidine rings is 1. The van der Waals surface area contributed by atoms with Gasteiger partial charge < -0.3 is 30.7 Å². The molecule has 1 aliphatic rings. The zero-order chi connectivity index (χ0) is 22.7. The van der Waals surface area contributed by atoms with E-state index in [1.54, 1.807) is 0 Å². The van der Waals surface area contributed by atoms with Crippen molar-refractivity contribution in [3.05, 3.63) is 77.5 Å². The van der Waals surface area contributed by atoms with Gasteiger partial charge in [-0.3, -0.25) is 4.90 Å². The Bertz CT molecular complexity index is 1020. The molecule has 1 fully saturated rings. The van der Waals surface area contributed by atoms with Gasteiger partial charge in [0, 0.05) is 42.8 Å². The molecule has 4 rings (SSSR count). The van der Waals surface area contributed by atoms with Crippen LogP contribution in [0.15, 0.2) is 60.8 Å². The monoisotopic (exact) mass is 437 g/mol. The minimum Gasteiger partial charge on any atom is -0.395 e. The van der Waals surface area contributed by atoms with Crippen molar-refractivity contribution in [3.8, 4) is 11.3 Å². The molecule has 1 aromatic heterocycles. The number of hydrogen-bond acceptors (Lipinski definition) is 6. The summed E-state index contributed by atoms with van der Waals surface area (Å²) in [7, 11) is 0. The Balaban J connectivity index is 1.44. The van der Waals surface area contributed by atoms with Gasteiger partial charge in [-0.1, -0.05) is 24.3 Å². The minimum absolute atomic E-state index is 0.191. The number of likely N-dealkylation sites (tertiary alicyclic amines) is 1. The lowest BCUT2D eigenvalue weighted by Crippen LogP contribution is -2.62. The molecule has 32 heavy (non-hydrogen) atoms. The molecule has 4 atom stereocenters. The van der Waals surface area contributed by atoms with Crippen LogP contribution in [0.3, 0.4) is 0 Å². The smallest absolute Gasteiger partial charge is 0.109 e. The van der Waals surface area contributed by atoms with Crippen LogP contribution >= 0.6 is 0 Å². The number of aliphatic hydroxyl groups excluding tert-OH is 4. The highest BCUT2D eigenvalue weighted by Gasteiger charge is 2.40. The van der Waals surface area contributed by atoms with Crippen molar-refractivity contribution in [1.29, 1.82) is 0 Å². The van der Waals surface area contributed by atoms with Crippen molar-refractivity contribution in [2.45, 2.75) is 44.4 Å². The van der Waals surface area contributed by atoms with Crippen LogP contribution in [-0.4, -0.2) is 67.8 Å². The van der Waals surface area contributed by atoms with Crippen molar-refractivity contribution in [3.63, 3.8) is 0 Å². The molecule has 7 nitrogen and oxygen atoms in total. The van der Waals surface area contributed by atoms with E-state index in [1.807, 2.05) is 35.4 Å². The summed E-state index contributed by atoms with van der Waals surface area (Å²) in [6.07, 6.45) is -1.57. The number of nitrogens with one attached hydrogen (secondary N) is 2. The van der Waals surface area contributed by atoms with Crippen molar-refractivity contribution in [2.75, 3.05) is 18.5 Å². The molecule has 6 N–H and O–H groups in total. The van der Waals surface area contributed by atoms with E-state index in [9.17, 15) is 20.4 Å². The zero-order valence-corrected chi connectivity index (χ0v) is 18.1. The first-order valence-corrected chi connectivity index (χ1v) is 10.9. The SMILES string of the molecule is Cc1cc(NCc2cccc(CN3C[C@H](O)[C@@H](O)[C@H](O)[C@H]3CO)c2)cc(-c2ccc[nH]2)c1. The second-order valence-corrected chi connectivity index (χ2v) is 8.57. The molecule has 0 amide bonds. The molecule has 0 spiro atoms. The Morgan fingerprint density at radius 3 is 2.56 bits per heavy atom. The summed E-state index contributed by atoms with van der Waals surface area (Å²) in [5.41, 5.74) is 6.53. The Hall–Kier alpha value is -2.68. The maximum absolute atomic E-state index is 10.2. The van der Waals surface area contributed by atoms with Crippen LogP contribution in [0.25, 0.3) is 11.3 Å². The number of aromatic nitrogens is 1. The largest absolute Gasteiger partial charge is 0.395 e. The first-order chi connectivity index (χ1) is 15.4. The lowest BCUT2D eigenvalue weighted by molar-refractivity contribution is -0.147. The molecule has 0 aliphatic carbocycles. The summed E-state index contributed by atoms with van der Waals surface area (Å²) in [6.45, 7) is 3.09. The van der Waals surface area contributed by atoms with Gasteiger partial charge in [0.15, 0.2) is 0 Å². The van der Waals surface area contributed by atoms with Crippen molar-refractivity contribution >= 4 is 5.69 Å². The van der Waals surface area contributed by atoms with Gasteiger partial charge in [0.05, 0.1) is 18.8 Å². The van der Waals surface area contributed by atoms with Crippen LogP contribution in [0, 0.1) is 6.92 Å². The van der Waals surface area contributed by atoms with Gasteiger partial charge in [0.1, 0.15) is 12.2 Å². The topological polar surface area (TPSA) is 112 Å². The number of rotatable bonds is 7. The second kappa shape index (κ2) is 9.85. The molecule has 170 valence electrons. The summed E-state index contributed by atoms with van der Waals surface area (Å²) < 4.78 is 0. The van der Waals surface area contributed by atoms with Gasteiger partial charge in [0.25, 0.3) is 0 Å². The molecule has 0 radical (unpaired) electrons. The van der Waals surface area contributed by atoms with Crippen molar-refractivity contribution < 1.29 is 20.4 Å². The molecular formula is C25H31N3O4. The van der Waals surface area contributed by atoms with Crippen LogP contribution in [0.5, 0.6) is 0 Å². The number of β-amino-alcohol motifs (C(OH)–C–C–N with tert-alkyl or cyclic N) is 1. The molecular weight excluding hydrogens is 406 g/mol. The van der Waals surface area contributed by atoms with E-state index in [0.717, 1.165) is 28.1 Å². The normalized spacial score (nSPS) is 23.9. The number of H-pyrrole nitrogens is 1. The van der Waals surface area contributed by atoms with Gasteiger partial charge in [-0.05, 0) is 53.9 Å². The highest BCUT2D eigenvalue weighted by Crippen LogP contribution is 2.25. The Kier molecular flexibility index (Phi) is 6.93. The highest BCUT2D eigenvalue weighted by molar-refractivity contribution is 5.66. The summed E-state index contributed by atoms with van der Waals surface area (Å²) >= 11 is 0. The summed E-state index contributed by atoms with van der Waals surface area (Å²) in [6, 6.07) is 17.9. The standard InChI is InChI=1S/C25H31N3O4/c1-16-8-19(21-6-3-7-26-21)11-20(9-16)27-12-17-4-2-5-18(10-17)13-28-14-23(30)25(32)24(31)22(28)15-29/h2-11,22-27,29-32H,12-15H2,1H3/t22-,23+,24-,25-/m1/s1. The quantitative estimate of drug-likeness (QED) is 0.337. The van der Waals surface area contributed by atoms with E-state index in [1.165, 1.54) is 5.56 Å². The first-order valence-electron chi connectivity index (χ1n) is 10.9. The van der Waals surface area contributed by atoms with E-state index in [0.29, 0.717) is 13.1 Å². The molecule has 1 aliphatic heterocycles. The summed E-state index contributed by atoms with van der Waals surface area (Å²) in [5, 5.41) is 43.3. The van der Waals surface area contributed by atoms with Crippen LogP contribution in [0.2, 0.25) is 0 Å². The number of nitrogens with zero attached hydrogens (tertiary/aromatic N) is 1. The maximum Gasteiger partial charge on any atom is 0.109 e. The third-order valence-electron chi connectivity index (χ3n) is 6.08. The van der Waals surface area contributed by atoms with Crippen molar-refractivity contribution in [1.82, 2.24) is 9.88 Å². The minimum atomic E-state index is -1.25. The molecule has 0 saturated carbocycles. The number of anilines is 1. The number of aromatic amines is 1. The van der Waals surface area contributed by atoms with Gasteiger partial charge in [-0.2, -0.15) is 0 Å². The molecule has 2 heterocycles. The molecule has 1 saturated heterocycles. The van der Waals surface area contributed by atoms with E-state index in [2.05, 4.69) is 47.6 Å². The number of aliphatic hydroxyl groups is 4. The fraction of sp³-hybridized carbons (Fsp3) is 0.360. The lowest BCUT2D eigenvalue weighted by Gasteiger charge is -2.43. The van der Waals surface area contributed by atoms with E-state index >= 15 is 0 Å².